The van der Waals surface area contributed by atoms with Crippen LogP contribution in [0.4, 0.5) is 5.69 Å². The highest BCUT2D eigenvalue weighted by Gasteiger charge is 1.94. The molecule has 0 aliphatic rings. The van der Waals surface area contributed by atoms with Crippen molar-refractivity contribution in [2.45, 2.75) is 6.92 Å². The highest BCUT2D eigenvalue weighted by molar-refractivity contribution is 7.80. The van der Waals surface area contributed by atoms with Crippen molar-refractivity contribution in [1.82, 2.24) is 0 Å². The predicted molar refractivity (Wildman–Crippen MR) is 54.3 cm³/mol. The van der Waals surface area contributed by atoms with Crippen LogP contribution in [0.25, 0.3) is 0 Å². The Balaban J connectivity index is 2.47. The summed E-state index contributed by atoms with van der Waals surface area (Å²) in [6, 6.07) is 9.71. The third kappa shape index (κ3) is 2.88. The van der Waals surface area contributed by atoms with Crippen LogP contribution in [0.5, 0.6) is 0 Å². The zero-order chi connectivity index (χ0) is 8.81. The Kier molecular flexibility index (Phi) is 3.54. The fraction of sp³-hybridized carbons (Fsp3) is 0.222. The van der Waals surface area contributed by atoms with Gasteiger partial charge in [0.05, 0.1) is 6.61 Å². The fourth-order valence-electron chi connectivity index (χ4n) is 0.807. The second-order valence-electron chi connectivity index (χ2n) is 2.21. The second-order valence-corrected chi connectivity index (χ2v) is 2.58. The van der Waals surface area contributed by atoms with Crippen LogP contribution < -0.4 is 5.32 Å². The first-order valence-electron chi connectivity index (χ1n) is 3.81. The number of benzene rings is 1. The van der Waals surface area contributed by atoms with Gasteiger partial charge in [0, 0.05) is 5.69 Å². The number of ether oxygens (including phenoxy) is 1. The van der Waals surface area contributed by atoms with E-state index in [0.29, 0.717) is 11.8 Å². The molecule has 0 saturated heterocycles. The fourth-order valence-corrected chi connectivity index (χ4v) is 1.04. The van der Waals surface area contributed by atoms with Crippen molar-refractivity contribution < 1.29 is 4.74 Å². The molecule has 0 atom stereocenters. The van der Waals surface area contributed by atoms with Crippen LogP contribution in [0.2, 0.25) is 0 Å². The van der Waals surface area contributed by atoms with Crippen molar-refractivity contribution in [2.75, 3.05) is 11.9 Å². The van der Waals surface area contributed by atoms with E-state index < -0.39 is 0 Å². The van der Waals surface area contributed by atoms with Gasteiger partial charge >= 0.3 is 0 Å². The van der Waals surface area contributed by atoms with Gasteiger partial charge in [0.15, 0.2) is 0 Å². The molecule has 0 amide bonds. The topological polar surface area (TPSA) is 21.3 Å². The average Bonchev–Trinajstić information content (AvgIpc) is 2.06. The van der Waals surface area contributed by atoms with Crippen LogP contribution >= 0.6 is 12.2 Å². The van der Waals surface area contributed by atoms with Crippen molar-refractivity contribution in [3.63, 3.8) is 0 Å². The Hall–Kier alpha value is -1.09. The van der Waals surface area contributed by atoms with E-state index >= 15 is 0 Å². The van der Waals surface area contributed by atoms with E-state index in [0.717, 1.165) is 5.69 Å². The first-order valence-corrected chi connectivity index (χ1v) is 4.22. The summed E-state index contributed by atoms with van der Waals surface area (Å²) in [5.74, 6) is 0. The van der Waals surface area contributed by atoms with Crippen molar-refractivity contribution in [2.24, 2.45) is 0 Å². The molecule has 0 spiro atoms. The molecule has 1 rings (SSSR count). The first kappa shape index (κ1) is 9.00. The number of thiocarbonyl (C=S) groups is 1. The maximum Gasteiger partial charge on any atom is 0.261 e. The number of rotatable bonds is 2. The van der Waals surface area contributed by atoms with Gasteiger partial charge in [-0.3, -0.25) is 0 Å². The van der Waals surface area contributed by atoms with Gasteiger partial charge in [-0.15, -0.1) is 0 Å². The van der Waals surface area contributed by atoms with Gasteiger partial charge in [-0.05, 0) is 31.3 Å². The number of hydrogen-bond donors (Lipinski definition) is 1. The van der Waals surface area contributed by atoms with E-state index in [1.165, 1.54) is 0 Å². The van der Waals surface area contributed by atoms with Crippen LogP contribution in [0.3, 0.4) is 0 Å². The van der Waals surface area contributed by atoms with E-state index in [4.69, 9.17) is 17.0 Å². The van der Waals surface area contributed by atoms with E-state index in [2.05, 4.69) is 5.32 Å². The molecule has 1 aromatic carbocycles. The summed E-state index contributed by atoms with van der Waals surface area (Å²) in [4.78, 5) is 0. The number of hydrogen-bond acceptors (Lipinski definition) is 2. The number of para-hydroxylation sites is 1. The van der Waals surface area contributed by atoms with Crippen LogP contribution in [-0.4, -0.2) is 11.8 Å². The predicted octanol–water partition coefficient (Wildman–Crippen LogP) is 2.42. The largest absolute Gasteiger partial charge is 0.471 e. The summed E-state index contributed by atoms with van der Waals surface area (Å²) in [6.07, 6.45) is 0. The normalized spacial score (nSPS) is 9.08. The molecule has 0 aliphatic carbocycles. The smallest absolute Gasteiger partial charge is 0.261 e. The van der Waals surface area contributed by atoms with Crippen molar-refractivity contribution in [1.29, 1.82) is 0 Å². The van der Waals surface area contributed by atoms with E-state index in [1.54, 1.807) is 0 Å². The van der Waals surface area contributed by atoms with E-state index in [-0.39, 0.29) is 0 Å². The minimum absolute atomic E-state index is 0.420. The molecule has 1 N–H and O–H groups in total. The maximum atomic E-state index is 5.07. The van der Waals surface area contributed by atoms with Gasteiger partial charge in [0.25, 0.3) is 5.17 Å². The highest BCUT2D eigenvalue weighted by Crippen LogP contribution is 2.04. The molecule has 0 bridgehead atoms. The van der Waals surface area contributed by atoms with Gasteiger partial charge in [-0.25, -0.2) is 0 Å². The molecular weight excluding hydrogens is 170 g/mol. The second kappa shape index (κ2) is 4.72. The lowest BCUT2D eigenvalue weighted by Gasteiger charge is -2.06. The molecular formula is C9H11NOS. The molecule has 1 aromatic rings. The molecule has 64 valence electrons. The molecule has 0 saturated carbocycles. The standard InChI is InChI=1S/C9H11NOS/c1-2-11-9(12)10-8-6-4-3-5-7-8/h3-7H,2H2,1H3,(H,10,12). The SMILES string of the molecule is CCOC(=S)Nc1ccccc1. The molecule has 0 heterocycles. The molecule has 0 unspecified atom stereocenters. The van der Waals surface area contributed by atoms with Gasteiger partial charge in [0.2, 0.25) is 0 Å². The van der Waals surface area contributed by atoms with Crippen LogP contribution in [-0.2, 0) is 4.74 Å². The van der Waals surface area contributed by atoms with Crippen LogP contribution in [0.15, 0.2) is 30.3 Å². The highest BCUT2D eigenvalue weighted by atomic mass is 32.1. The monoisotopic (exact) mass is 181 g/mol. The van der Waals surface area contributed by atoms with Crippen molar-refractivity contribution >= 4 is 23.1 Å². The van der Waals surface area contributed by atoms with Gasteiger partial charge < -0.3 is 10.1 Å². The zero-order valence-electron chi connectivity index (χ0n) is 6.91. The quantitative estimate of drug-likeness (QED) is 0.708. The lowest BCUT2D eigenvalue weighted by atomic mass is 10.3. The molecule has 0 aliphatic heterocycles. The molecule has 0 fully saturated rings. The summed E-state index contributed by atoms with van der Waals surface area (Å²) >= 11 is 4.90. The summed E-state index contributed by atoms with van der Waals surface area (Å²) in [5.41, 5.74) is 0.955. The Labute approximate surface area is 77.5 Å². The summed E-state index contributed by atoms with van der Waals surface area (Å²) in [5, 5.41) is 3.37. The minimum atomic E-state index is 0.420. The third-order valence-electron chi connectivity index (χ3n) is 1.30. The van der Waals surface area contributed by atoms with Crippen molar-refractivity contribution in [3.05, 3.63) is 30.3 Å². The minimum Gasteiger partial charge on any atom is -0.471 e. The summed E-state index contributed by atoms with van der Waals surface area (Å²) < 4.78 is 5.07. The maximum absolute atomic E-state index is 5.07. The molecule has 0 aromatic heterocycles. The molecule has 2 nitrogen and oxygen atoms in total. The Morgan fingerprint density at radius 3 is 2.67 bits per heavy atom. The van der Waals surface area contributed by atoms with Gasteiger partial charge in [0.1, 0.15) is 0 Å². The molecule has 0 radical (unpaired) electrons. The Bertz CT molecular complexity index is 248. The summed E-state index contributed by atoms with van der Waals surface area (Å²) in [7, 11) is 0. The van der Waals surface area contributed by atoms with E-state index in [1.807, 2.05) is 37.3 Å². The zero-order valence-corrected chi connectivity index (χ0v) is 7.73. The van der Waals surface area contributed by atoms with E-state index in [9.17, 15) is 0 Å². The Morgan fingerprint density at radius 1 is 1.42 bits per heavy atom. The number of anilines is 1. The lowest BCUT2D eigenvalue weighted by molar-refractivity contribution is 0.335. The van der Waals surface area contributed by atoms with Crippen LogP contribution in [0, 0.1) is 0 Å². The average molecular weight is 181 g/mol. The Morgan fingerprint density at radius 2 is 2.08 bits per heavy atom. The van der Waals surface area contributed by atoms with Gasteiger partial charge in [-0.1, -0.05) is 18.2 Å². The number of nitrogens with one attached hydrogen (secondary N) is 1. The van der Waals surface area contributed by atoms with Crippen LogP contribution in [0.1, 0.15) is 6.92 Å². The van der Waals surface area contributed by atoms with Crippen molar-refractivity contribution in [3.8, 4) is 0 Å². The molecule has 12 heavy (non-hydrogen) atoms. The van der Waals surface area contributed by atoms with Gasteiger partial charge in [-0.2, -0.15) is 0 Å². The first-order chi connectivity index (χ1) is 5.83. The lowest BCUT2D eigenvalue weighted by Crippen LogP contribution is -2.12. The third-order valence-corrected chi connectivity index (χ3v) is 1.52. The molecule has 3 heteroatoms. The summed E-state index contributed by atoms with van der Waals surface area (Å²) in [6.45, 7) is 2.50.